The third kappa shape index (κ3) is 9.01. The first-order chi connectivity index (χ1) is 23.9. The Bertz CT molecular complexity index is 1610. The number of likely N-dealkylation sites (N-methyl/N-ethyl adjacent to an activating group) is 1. The molecule has 268 valence electrons. The van der Waals surface area contributed by atoms with Crippen LogP contribution in [-0.2, 0) is 25.1 Å². The van der Waals surface area contributed by atoms with Gasteiger partial charge in [-0.25, -0.2) is 4.39 Å². The molecule has 3 atom stereocenters. The van der Waals surface area contributed by atoms with Crippen LogP contribution in [0, 0.1) is 29.0 Å². The number of nitrogens with one attached hydrogen (secondary N) is 3. The number of halogens is 3. The van der Waals surface area contributed by atoms with Gasteiger partial charge in [0.25, 0.3) is 5.91 Å². The molecule has 1 aliphatic heterocycles. The highest BCUT2D eigenvalue weighted by atomic mass is 19.3. The monoisotopic (exact) mass is 694 g/mol. The second-order valence-corrected chi connectivity index (χ2v) is 14.0. The Hall–Kier alpha value is -4.44. The van der Waals surface area contributed by atoms with Crippen molar-refractivity contribution in [2.24, 2.45) is 11.8 Å². The van der Waals surface area contributed by atoms with Crippen molar-refractivity contribution < 1.29 is 32.3 Å². The Kier molecular flexibility index (Phi) is 11.8. The number of carbonyl (C=O) groups is 4. The third-order valence-corrected chi connectivity index (χ3v) is 10.2. The van der Waals surface area contributed by atoms with Gasteiger partial charge in [0.05, 0.1) is 17.3 Å². The van der Waals surface area contributed by atoms with E-state index in [4.69, 9.17) is 5.26 Å². The van der Waals surface area contributed by atoms with E-state index in [-0.39, 0.29) is 23.1 Å². The number of amides is 4. The smallest absolute Gasteiger partial charge is 0.344 e. The molecular formula is C37H45F3N6O4. The van der Waals surface area contributed by atoms with Gasteiger partial charge in [-0.1, -0.05) is 44.4 Å². The van der Waals surface area contributed by atoms with E-state index in [1.165, 1.54) is 24.3 Å². The summed E-state index contributed by atoms with van der Waals surface area (Å²) in [7, 11) is 1.97. The molecule has 10 nitrogen and oxygen atoms in total. The fourth-order valence-electron chi connectivity index (χ4n) is 6.77. The van der Waals surface area contributed by atoms with Gasteiger partial charge in [-0.05, 0) is 74.4 Å². The fraction of sp³-hybridized carbons (Fsp3) is 0.541. The number of carbonyl (C=O) groups excluding carboxylic acids is 4. The number of piperazine rings is 1. The van der Waals surface area contributed by atoms with E-state index in [2.05, 4.69) is 20.9 Å². The van der Waals surface area contributed by atoms with Crippen LogP contribution in [0.2, 0.25) is 0 Å². The molecule has 3 aliphatic rings. The predicted molar refractivity (Wildman–Crippen MR) is 180 cm³/mol. The van der Waals surface area contributed by atoms with Crippen molar-refractivity contribution in [2.45, 2.75) is 82.2 Å². The second-order valence-electron chi connectivity index (χ2n) is 14.0. The molecule has 2 aromatic rings. The SMILES string of the molecule is C[C@@H](c1ccc(NC(=O)[C@@H](NC(=O)C(F)(F)c2cccc(C#N)c2)C2CCCCC2)c(F)c1)[C@@H](NC(=O)CC1CC1)C(=O)N1CCN(C)CC1. The summed E-state index contributed by atoms with van der Waals surface area (Å²) in [6, 6.07) is 8.13. The third-order valence-electron chi connectivity index (χ3n) is 10.2. The van der Waals surface area contributed by atoms with Crippen LogP contribution in [0.4, 0.5) is 18.9 Å². The van der Waals surface area contributed by atoms with Crippen molar-refractivity contribution in [3.63, 3.8) is 0 Å². The molecule has 2 aliphatic carbocycles. The van der Waals surface area contributed by atoms with Crippen molar-refractivity contribution in [3.8, 4) is 6.07 Å². The van der Waals surface area contributed by atoms with Gasteiger partial charge in [0.15, 0.2) is 0 Å². The summed E-state index contributed by atoms with van der Waals surface area (Å²) in [4.78, 5) is 57.0. The molecule has 0 radical (unpaired) electrons. The minimum absolute atomic E-state index is 0.0413. The Morgan fingerprint density at radius 1 is 0.960 bits per heavy atom. The highest BCUT2D eigenvalue weighted by Crippen LogP contribution is 2.34. The molecule has 3 fully saturated rings. The van der Waals surface area contributed by atoms with Crippen molar-refractivity contribution in [1.29, 1.82) is 5.26 Å². The van der Waals surface area contributed by atoms with Gasteiger partial charge < -0.3 is 25.8 Å². The van der Waals surface area contributed by atoms with Crippen molar-refractivity contribution in [3.05, 3.63) is 65.0 Å². The molecule has 4 amide bonds. The van der Waals surface area contributed by atoms with E-state index < -0.39 is 53.0 Å². The number of rotatable bonds is 12. The maximum atomic E-state index is 15.7. The van der Waals surface area contributed by atoms with Gasteiger partial charge in [-0.2, -0.15) is 14.0 Å². The first kappa shape index (κ1) is 36.8. The number of alkyl halides is 2. The average molecular weight is 695 g/mol. The first-order valence-electron chi connectivity index (χ1n) is 17.4. The Labute approximate surface area is 290 Å². The largest absolute Gasteiger partial charge is 0.349 e. The standard InChI is InChI=1S/C37H45F3N6O4/c1-23(32(43-31(47)20-24-11-12-24)35(49)46-17-15-45(2)16-18-46)27-13-14-30(29(38)21-27)42-34(48)33(26-8-4-3-5-9-26)44-36(50)37(39,40)28-10-6-7-25(19-28)22-41/h6-7,10,13-14,19,21,23-24,26,32-33H,3-5,8-9,11-12,15-18,20H2,1-2H3,(H,42,48)(H,43,47)(H,44,50)/t23-,32+,33-/m0/s1. The van der Waals surface area contributed by atoms with Gasteiger partial charge in [0.2, 0.25) is 17.7 Å². The number of benzene rings is 2. The van der Waals surface area contributed by atoms with Crippen LogP contribution in [0.25, 0.3) is 0 Å². The molecule has 0 unspecified atom stereocenters. The average Bonchev–Trinajstić information content (AvgIpc) is 3.94. The van der Waals surface area contributed by atoms with E-state index >= 15 is 13.2 Å². The van der Waals surface area contributed by atoms with Gasteiger partial charge in [0.1, 0.15) is 17.9 Å². The van der Waals surface area contributed by atoms with Crippen LogP contribution >= 0.6 is 0 Å². The lowest BCUT2D eigenvalue weighted by molar-refractivity contribution is -0.149. The summed E-state index contributed by atoms with van der Waals surface area (Å²) in [5.74, 6) is -8.58. The van der Waals surface area contributed by atoms with Crippen LogP contribution in [0.1, 0.15) is 80.9 Å². The molecule has 2 aromatic carbocycles. The minimum atomic E-state index is -4.03. The normalized spacial score (nSPS) is 19.1. The van der Waals surface area contributed by atoms with E-state index in [0.29, 0.717) is 56.9 Å². The van der Waals surface area contributed by atoms with E-state index in [0.717, 1.165) is 44.2 Å². The fourth-order valence-corrected chi connectivity index (χ4v) is 6.77. The molecule has 3 N–H and O–H groups in total. The van der Waals surface area contributed by atoms with Crippen LogP contribution in [-0.4, -0.2) is 78.7 Å². The highest BCUT2D eigenvalue weighted by molar-refractivity contribution is 5.98. The van der Waals surface area contributed by atoms with Crippen LogP contribution in [0.3, 0.4) is 0 Å². The predicted octanol–water partition coefficient (Wildman–Crippen LogP) is 4.66. The molecular weight excluding hydrogens is 649 g/mol. The van der Waals surface area contributed by atoms with Crippen molar-refractivity contribution in [2.75, 3.05) is 38.5 Å². The van der Waals surface area contributed by atoms with Gasteiger partial charge in [-0.15, -0.1) is 0 Å². The lowest BCUT2D eigenvalue weighted by Gasteiger charge is -2.36. The number of nitriles is 1. The first-order valence-corrected chi connectivity index (χ1v) is 17.4. The molecule has 1 saturated heterocycles. The molecule has 0 bridgehead atoms. The maximum Gasteiger partial charge on any atom is 0.349 e. The quantitative estimate of drug-likeness (QED) is 0.296. The van der Waals surface area contributed by atoms with Crippen LogP contribution < -0.4 is 16.0 Å². The molecule has 0 aromatic heterocycles. The molecule has 13 heteroatoms. The maximum absolute atomic E-state index is 15.7. The zero-order chi connectivity index (χ0) is 36.0. The lowest BCUT2D eigenvalue weighted by atomic mass is 9.83. The number of anilines is 1. The summed E-state index contributed by atoms with van der Waals surface area (Å²) >= 11 is 0. The minimum Gasteiger partial charge on any atom is -0.344 e. The summed E-state index contributed by atoms with van der Waals surface area (Å²) in [6.07, 6.45) is 5.71. The van der Waals surface area contributed by atoms with E-state index in [1.54, 1.807) is 24.0 Å². The summed E-state index contributed by atoms with van der Waals surface area (Å²) in [6.45, 7) is 4.14. The lowest BCUT2D eigenvalue weighted by Crippen LogP contribution is -2.55. The van der Waals surface area contributed by atoms with Gasteiger partial charge >= 0.3 is 5.92 Å². The van der Waals surface area contributed by atoms with E-state index in [9.17, 15) is 19.2 Å². The Morgan fingerprint density at radius 2 is 1.66 bits per heavy atom. The summed E-state index contributed by atoms with van der Waals surface area (Å²) in [5.41, 5.74) is -0.508. The molecule has 50 heavy (non-hydrogen) atoms. The van der Waals surface area contributed by atoms with E-state index in [1.807, 2.05) is 7.05 Å². The summed E-state index contributed by atoms with van der Waals surface area (Å²) in [5, 5.41) is 16.8. The molecule has 5 rings (SSSR count). The zero-order valence-electron chi connectivity index (χ0n) is 28.5. The summed E-state index contributed by atoms with van der Waals surface area (Å²) < 4.78 is 46.3. The van der Waals surface area contributed by atoms with Crippen LogP contribution in [0.5, 0.6) is 0 Å². The highest BCUT2D eigenvalue weighted by Gasteiger charge is 2.44. The zero-order valence-corrected chi connectivity index (χ0v) is 28.5. The molecule has 1 heterocycles. The topological polar surface area (TPSA) is 135 Å². The number of hydrogen-bond donors (Lipinski definition) is 3. The Balaban J connectivity index is 1.32. The molecule has 2 saturated carbocycles. The molecule has 0 spiro atoms. The van der Waals surface area contributed by atoms with Crippen LogP contribution in [0.15, 0.2) is 42.5 Å². The van der Waals surface area contributed by atoms with Crippen molar-refractivity contribution >= 4 is 29.3 Å². The second kappa shape index (κ2) is 16.1. The van der Waals surface area contributed by atoms with Gasteiger partial charge in [-0.3, -0.25) is 19.2 Å². The number of nitrogens with zero attached hydrogens (tertiary/aromatic N) is 3. The van der Waals surface area contributed by atoms with Crippen molar-refractivity contribution in [1.82, 2.24) is 20.4 Å². The number of hydrogen-bond acceptors (Lipinski definition) is 6. The van der Waals surface area contributed by atoms with Gasteiger partial charge in [0, 0.05) is 44.1 Å². The Morgan fingerprint density at radius 3 is 2.30 bits per heavy atom.